The fraction of sp³-hybridized carbons (Fsp3) is 0.429. The van der Waals surface area contributed by atoms with E-state index in [-0.39, 0.29) is 23.3 Å². The number of carbonyl (C=O) groups excluding carboxylic acids is 1. The number of carbonyl (C=O) groups is 2. The summed E-state index contributed by atoms with van der Waals surface area (Å²) >= 11 is 0. The molecule has 1 unspecified atom stereocenters. The highest BCUT2D eigenvalue weighted by Gasteiger charge is 2.30. The molecule has 1 aromatic carbocycles. The number of aryl methyl sites for hydroxylation is 2. The summed E-state index contributed by atoms with van der Waals surface area (Å²) in [6, 6.07) is 11.6. The molecule has 1 amide bonds. The molecule has 6 heteroatoms. The van der Waals surface area contributed by atoms with Crippen molar-refractivity contribution in [3.8, 4) is 0 Å². The average molecular weight is 371 g/mol. The summed E-state index contributed by atoms with van der Waals surface area (Å²) in [6.07, 6.45) is 3.14. The Morgan fingerprint density at radius 1 is 1.30 bits per heavy atom. The van der Waals surface area contributed by atoms with Gasteiger partial charge >= 0.3 is 5.97 Å². The van der Waals surface area contributed by atoms with Gasteiger partial charge in [-0.1, -0.05) is 37.3 Å². The maximum Gasteiger partial charge on any atom is 0.339 e. The van der Waals surface area contributed by atoms with E-state index in [1.54, 1.807) is 11.8 Å². The van der Waals surface area contributed by atoms with Crippen LogP contribution in [-0.2, 0) is 17.6 Å². The Balaban J connectivity index is 1.47. The van der Waals surface area contributed by atoms with Gasteiger partial charge in [-0.15, -0.1) is 0 Å². The van der Waals surface area contributed by atoms with Gasteiger partial charge in [-0.3, -0.25) is 4.79 Å². The summed E-state index contributed by atoms with van der Waals surface area (Å²) in [6.45, 7) is 3.56. The number of benzene rings is 1. The number of nitrogens with zero attached hydrogens (tertiary/aromatic N) is 1. The van der Waals surface area contributed by atoms with Crippen LogP contribution in [0.2, 0.25) is 0 Å². The molecule has 0 radical (unpaired) electrons. The van der Waals surface area contributed by atoms with Crippen molar-refractivity contribution < 1.29 is 23.8 Å². The zero-order valence-corrected chi connectivity index (χ0v) is 15.5. The molecule has 1 atom stereocenters. The summed E-state index contributed by atoms with van der Waals surface area (Å²) in [5.41, 5.74) is 1.36. The van der Waals surface area contributed by atoms with Crippen LogP contribution in [-0.4, -0.2) is 47.7 Å². The minimum Gasteiger partial charge on any atom is -0.478 e. The molecule has 1 fully saturated rings. The predicted octanol–water partition coefficient (Wildman–Crippen LogP) is 3.40. The van der Waals surface area contributed by atoms with Crippen LogP contribution in [0.1, 0.15) is 52.0 Å². The number of amides is 1. The number of ether oxygens (including phenoxy) is 1. The maximum absolute atomic E-state index is 12.6. The molecule has 1 aliphatic rings. The maximum atomic E-state index is 12.6. The minimum absolute atomic E-state index is 0.0178. The van der Waals surface area contributed by atoms with Crippen molar-refractivity contribution in [2.24, 2.45) is 0 Å². The number of furan rings is 1. The lowest BCUT2D eigenvalue weighted by atomic mass is 10.1. The Bertz CT molecular complexity index is 783. The molecule has 3 rings (SSSR count). The summed E-state index contributed by atoms with van der Waals surface area (Å²) < 4.78 is 11.4. The van der Waals surface area contributed by atoms with Crippen LogP contribution >= 0.6 is 0 Å². The lowest BCUT2D eigenvalue weighted by molar-refractivity contribution is 0.0513. The van der Waals surface area contributed by atoms with Crippen molar-refractivity contribution in [3.63, 3.8) is 0 Å². The summed E-state index contributed by atoms with van der Waals surface area (Å²) in [7, 11) is 0. The first-order valence-corrected chi connectivity index (χ1v) is 9.39. The molecule has 0 saturated carbocycles. The van der Waals surface area contributed by atoms with Gasteiger partial charge in [0, 0.05) is 32.2 Å². The van der Waals surface area contributed by atoms with Crippen molar-refractivity contribution in [2.75, 3.05) is 19.7 Å². The molecular formula is C21H25NO5. The minimum atomic E-state index is -1.07. The number of aromatic carboxylic acids is 1. The van der Waals surface area contributed by atoms with Crippen LogP contribution in [0.3, 0.4) is 0 Å². The number of likely N-dealkylation sites (tertiary alicyclic amines) is 1. The second-order valence-electron chi connectivity index (χ2n) is 6.73. The van der Waals surface area contributed by atoms with E-state index < -0.39 is 5.97 Å². The summed E-state index contributed by atoms with van der Waals surface area (Å²) in [4.78, 5) is 25.5. The number of hydrogen-bond donors (Lipinski definition) is 1. The first-order valence-electron chi connectivity index (χ1n) is 9.39. The third kappa shape index (κ3) is 4.77. The monoisotopic (exact) mass is 371 g/mol. The van der Waals surface area contributed by atoms with Crippen LogP contribution in [0.25, 0.3) is 0 Å². The molecule has 2 heterocycles. The summed E-state index contributed by atoms with van der Waals surface area (Å²) in [5.74, 6) is -0.920. The third-order valence-electron chi connectivity index (χ3n) is 4.81. The largest absolute Gasteiger partial charge is 0.478 e. The Labute approximate surface area is 158 Å². The van der Waals surface area contributed by atoms with E-state index in [4.69, 9.17) is 9.15 Å². The van der Waals surface area contributed by atoms with E-state index in [1.807, 2.05) is 18.2 Å². The van der Waals surface area contributed by atoms with Gasteiger partial charge in [0.15, 0.2) is 5.76 Å². The van der Waals surface area contributed by atoms with E-state index >= 15 is 0 Å². The molecule has 0 spiro atoms. The van der Waals surface area contributed by atoms with Gasteiger partial charge in [0.2, 0.25) is 0 Å². The highest BCUT2D eigenvalue weighted by Crippen LogP contribution is 2.21. The van der Waals surface area contributed by atoms with Crippen molar-refractivity contribution in [1.29, 1.82) is 0 Å². The first-order chi connectivity index (χ1) is 13.1. The summed E-state index contributed by atoms with van der Waals surface area (Å²) in [5, 5.41) is 9.20. The van der Waals surface area contributed by atoms with Gasteiger partial charge in [-0.05, 0) is 24.8 Å². The fourth-order valence-corrected chi connectivity index (χ4v) is 3.35. The number of hydrogen-bond acceptors (Lipinski definition) is 4. The SMILES string of the molecule is CCc1oc(C(=O)N2CCC(OCCCc3ccccc3)C2)cc1C(=O)O. The van der Waals surface area contributed by atoms with Crippen LogP contribution in [0.5, 0.6) is 0 Å². The molecule has 0 bridgehead atoms. The zero-order valence-electron chi connectivity index (χ0n) is 15.5. The third-order valence-corrected chi connectivity index (χ3v) is 4.81. The molecule has 1 aromatic heterocycles. The van der Waals surface area contributed by atoms with Gasteiger partial charge < -0.3 is 19.2 Å². The van der Waals surface area contributed by atoms with Gasteiger partial charge in [0.1, 0.15) is 11.3 Å². The number of rotatable bonds is 8. The van der Waals surface area contributed by atoms with Crippen molar-refractivity contribution in [3.05, 3.63) is 59.0 Å². The second kappa shape index (κ2) is 8.86. The number of carboxylic acids is 1. The van der Waals surface area contributed by atoms with Gasteiger partial charge in [-0.25, -0.2) is 4.79 Å². The van der Waals surface area contributed by atoms with Crippen LogP contribution < -0.4 is 0 Å². The van der Waals surface area contributed by atoms with E-state index in [0.717, 1.165) is 19.3 Å². The quantitative estimate of drug-likeness (QED) is 0.720. The molecule has 27 heavy (non-hydrogen) atoms. The van der Waals surface area contributed by atoms with E-state index in [0.29, 0.717) is 31.9 Å². The highest BCUT2D eigenvalue weighted by atomic mass is 16.5. The molecule has 1 N–H and O–H groups in total. The van der Waals surface area contributed by atoms with Crippen LogP contribution in [0.4, 0.5) is 0 Å². The molecule has 144 valence electrons. The molecular weight excluding hydrogens is 346 g/mol. The lowest BCUT2D eigenvalue weighted by Crippen LogP contribution is -2.30. The van der Waals surface area contributed by atoms with Crippen molar-refractivity contribution in [1.82, 2.24) is 4.90 Å². The fourth-order valence-electron chi connectivity index (χ4n) is 3.35. The average Bonchev–Trinajstić information content (AvgIpc) is 3.32. The number of carboxylic acid groups (broad SMARTS) is 1. The Hall–Kier alpha value is -2.60. The molecule has 1 saturated heterocycles. The smallest absolute Gasteiger partial charge is 0.339 e. The normalized spacial score (nSPS) is 16.6. The van der Waals surface area contributed by atoms with Crippen LogP contribution in [0, 0.1) is 0 Å². The molecule has 0 aliphatic carbocycles. The Kier molecular flexibility index (Phi) is 6.29. The zero-order chi connectivity index (χ0) is 19.2. The highest BCUT2D eigenvalue weighted by molar-refractivity contribution is 5.96. The molecule has 1 aliphatic heterocycles. The van der Waals surface area contributed by atoms with Gasteiger partial charge in [0.05, 0.1) is 6.10 Å². The standard InChI is InChI=1S/C21H25NO5/c1-2-18-17(21(24)25)13-19(27-18)20(23)22-11-10-16(14-22)26-12-6-9-15-7-4-3-5-8-15/h3-5,7-8,13,16H,2,6,9-12,14H2,1H3,(H,24,25). The first kappa shape index (κ1) is 19.2. The van der Waals surface area contributed by atoms with E-state index in [2.05, 4.69) is 12.1 Å². The second-order valence-corrected chi connectivity index (χ2v) is 6.73. The van der Waals surface area contributed by atoms with Gasteiger partial charge in [-0.2, -0.15) is 0 Å². The van der Waals surface area contributed by atoms with Crippen molar-refractivity contribution >= 4 is 11.9 Å². The molecule has 2 aromatic rings. The molecule has 6 nitrogen and oxygen atoms in total. The van der Waals surface area contributed by atoms with Crippen molar-refractivity contribution in [2.45, 2.75) is 38.7 Å². The van der Waals surface area contributed by atoms with Gasteiger partial charge in [0.25, 0.3) is 5.91 Å². The lowest BCUT2D eigenvalue weighted by Gasteiger charge is -2.15. The predicted molar refractivity (Wildman–Crippen MR) is 100 cm³/mol. The van der Waals surface area contributed by atoms with E-state index in [9.17, 15) is 14.7 Å². The Morgan fingerprint density at radius 3 is 2.74 bits per heavy atom. The topological polar surface area (TPSA) is 80.0 Å². The van der Waals surface area contributed by atoms with Crippen LogP contribution in [0.15, 0.2) is 40.8 Å². The Morgan fingerprint density at radius 2 is 2.07 bits per heavy atom. The van der Waals surface area contributed by atoms with E-state index in [1.165, 1.54) is 11.6 Å².